The van der Waals surface area contributed by atoms with Gasteiger partial charge in [0.05, 0.1) is 26.2 Å². The Morgan fingerprint density at radius 1 is 0.583 bits per heavy atom. The molecular formula is C50H87N11O11. The lowest BCUT2D eigenvalue weighted by molar-refractivity contribution is -0.155. The van der Waals surface area contributed by atoms with Gasteiger partial charge < -0.3 is 55.6 Å². The van der Waals surface area contributed by atoms with Gasteiger partial charge in [-0.25, -0.2) is 0 Å². The number of hydrogen-bond acceptors (Lipinski definition) is 11. The zero-order valence-corrected chi connectivity index (χ0v) is 46.2. The molecule has 0 radical (unpaired) electrons. The summed E-state index contributed by atoms with van der Waals surface area (Å²) in [4.78, 5) is 160. The highest BCUT2D eigenvalue weighted by Gasteiger charge is 2.43. The summed E-state index contributed by atoms with van der Waals surface area (Å²) in [5.41, 5.74) is -1.55. The highest BCUT2D eigenvalue weighted by Crippen LogP contribution is 2.23. The molecular weight excluding hydrogens is 931 g/mol. The molecule has 0 aromatic carbocycles. The van der Waals surface area contributed by atoms with Crippen molar-refractivity contribution in [1.82, 2.24) is 55.6 Å². The highest BCUT2D eigenvalue weighted by atomic mass is 16.2. The number of carbonyl (C=O) groups is 11. The lowest BCUT2D eigenvalue weighted by Crippen LogP contribution is -2.62. The van der Waals surface area contributed by atoms with Gasteiger partial charge in [-0.3, -0.25) is 52.7 Å². The molecule has 2 aliphatic heterocycles. The Hall–Kier alpha value is -5.83. The van der Waals surface area contributed by atoms with Crippen molar-refractivity contribution in [3.05, 3.63) is 0 Å². The fourth-order valence-corrected chi connectivity index (χ4v) is 8.36. The Balaban J connectivity index is 2.59. The normalized spacial score (nSPS) is 26.1. The molecule has 2 saturated heterocycles. The highest BCUT2D eigenvalue weighted by molar-refractivity contribution is 5.98. The van der Waals surface area contributed by atoms with Crippen LogP contribution < -0.4 is 21.3 Å². The van der Waals surface area contributed by atoms with Crippen molar-refractivity contribution >= 4 is 65.0 Å². The molecule has 0 saturated carbocycles. The summed E-state index contributed by atoms with van der Waals surface area (Å²) in [6.07, 6.45) is 1.24. The minimum absolute atomic E-state index is 0.0628. The molecule has 0 spiro atoms. The molecule has 2 heterocycles. The third-order valence-corrected chi connectivity index (χ3v) is 13.9. The fourth-order valence-electron chi connectivity index (χ4n) is 8.36. The molecule has 22 heteroatoms. The number of carbonyl (C=O) groups excluding carboxylic acids is 11. The van der Waals surface area contributed by atoms with Crippen LogP contribution >= 0.6 is 0 Å². The molecule has 72 heavy (non-hydrogen) atoms. The SMILES string of the molecule is CC[C@H](C)C1NC(=O)C(CC(C)C)N(C)C(=O)CC(C)N(C)C(=O)C(CC(C)C)NC(=O)C(C)(C)N(C)C(=O)C(CC(C)C)NC(=O)CNC(=O)CN(C)C(=O)CN(C)C(=O)C2CCN2C(=O)CN(C)C1=O. The maximum Gasteiger partial charge on any atom is 0.246 e. The number of hydrogen-bond donors (Lipinski definition) is 4. The molecule has 22 nitrogen and oxygen atoms in total. The van der Waals surface area contributed by atoms with Crippen molar-refractivity contribution in [2.45, 2.75) is 156 Å². The van der Waals surface area contributed by atoms with Gasteiger partial charge in [0, 0.05) is 61.3 Å². The number of nitrogens with one attached hydrogen (secondary N) is 4. The van der Waals surface area contributed by atoms with Crippen LogP contribution in [0.2, 0.25) is 0 Å². The van der Waals surface area contributed by atoms with E-state index in [-0.39, 0.29) is 50.0 Å². The zero-order valence-electron chi connectivity index (χ0n) is 46.2. The minimum Gasteiger partial charge on any atom is -0.345 e. The number of fused-ring (bicyclic) bond motifs is 1. The van der Waals surface area contributed by atoms with Crippen LogP contribution in [0.15, 0.2) is 0 Å². The van der Waals surface area contributed by atoms with Gasteiger partial charge in [0.25, 0.3) is 0 Å². The third-order valence-electron chi connectivity index (χ3n) is 13.9. The summed E-state index contributed by atoms with van der Waals surface area (Å²) in [5, 5.41) is 10.8. The van der Waals surface area contributed by atoms with Gasteiger partial charge in [-0.15, -0.1) is 0 Å². The Bertz CT molecular complexity index is 1990. The van der Waals surface area contributed by atoms with E-state index in [1.807, 2.05) is 48.5 Å². The maximum absolute atomic E-state index is 14.3. The minimum atomic E-state index is -1.55. The molecule has 0 bridgehead atoms. The number of nitrogens with zero attached hydrogens (tertiary/aromatic N) is 7. The summed E-state index contributed by atoms with van der Waals surface area (Å²) in [6, 6.07) is -5.88. The van der Waals surface area contributed by atoms with Crippen molar-refractivity contribution in [3.8, 4) is 0 Å². The first-order valence-corrected chi connectivity index (χ1v) is 25.3. The van der Waals surface area contributed by atoms with Crippen LogP contribution in [0, 0.1) is 23.7 Å². The van der Waals surface area contributed by atoms with Crippen LogP contribution in [-0.2, 0) is 52.7 Å². The van der Waals surface area contributed by atoms with E-state index in [1.165, 1.54) is 80.6 Å². The Morgan fingerprint density at radius 3 is 1.62 bits per heavy atom. The monoisotopic (exact) mass is 1020 g/mol. The van der Waals surface area contributed by atoms with Gasteiger partial charge in [-0.2, -0.15) is 0 Å². The van der Waals surface area contributed by atoms with E-state index in [2.05, 4.69) is 21.3 Å². The predicted octanol–water partition coefficient (Wildman–Crippen LogP) is 0.0321. The fraction of sp³-hybridized carbons (Fsp3) is 0.780. The Kier molecular flexibility index (Phi) is 23.6. The molecule has 408 valence electrons. The average molecular weight is 1020 g/mol. The van der Waals surface area contributed by atoms with Gasteiger partial charge in [0.1, 0.15) is 35.7 Å². The van der Waals surface area contributed by atoms with Crippen molar-refractivity contribution in [3.63, 3.8) is 0 Å². The summed E-state index contributed by atoms with van der Waals surface area (Å²) in [7, 11) is 8.61. The molecule has 0 aliphatic carbocycles. The van der Waals surface area contributed by atoms with Crippen molar-refractivity contribution in [2.24, 2.45) is 23.7 Å². The van der Waals surface area contributed by atoms with E-state index < -0.39 is 139 Å². The summed E-state index contributed by atoms with van der Waals surface area (Å²) >= 11 is 0. The van der Waals surface area contributed by atoms with Crippen LogP contribution in [0.4, 0.5) is 0 Å². The van der Waals surface area contributed by atoms with E-state index >= 15 is 0 Å². The average Bonchev–Trinajstić information content (AvgIpc) is 3.28. The zero-order chi connectivity index (χ0) is 55.3. The van der Waals surface area contributed by atoms with Gasteiger partial charge in [0.15, 0.2) is 0 Å². The Labute approximate surface area is 427 Å². The number of rotatable bonds is 8. The van der Waals surface area contributed by atoms with Gasteiger partial charge >= 0.3 is 0 Å². The number of amides is 11. The van der Waals surface area contributed by atoms with Gasteiger partial charge in [-0.1, -0.05) is 61.8 Å². The second-order valence-corrected chi connectivity index (χ2v) is 21.7. The van der Waals surface area contributed by atoms with Crippen LogP contribution in [0.25, 0.3) is 0 Å². The number of likely N-dealkylation sites (N-methyl/N-ethyl adjacent to an activating group) is 6. The quantitative estimate of drug-likeness (QED) is 0.252. The largest absolute Gasteiger partial charge is 0.345 e. The van der Waals surface area contributed by atoms with Gasteiger partial charge in [0.2, 0.25) is 65.0 Å². The second-order valence-electron chi connectivity index (χ2n) is 21.7. The Morgan fingerprint density at radius 2 is 1.11 bits per heavy atom. The molecule has 2 fully saturated rings. The summed E-state index contributed by atoms with van der Waals surface area (Å²) < 4.78 is 0. The lowest BCUT2D eigenvalue weighted by atomic mass is 9.95. The van der Waals surface area contributed by atoms with E-state index in [9.17, 15) is 52.7 Å². The molecule has 7 atom stereocenters. The first-order valence-electron chi connectivity index (χ1n) is 25.3. The van der Waals surface area contributed by atoms with Crippen molar-refractivity contribution in [1.29, 1.82) is 0 Å². The molecule has 2 aliphatic rings. The van der Waals surface area contributed by atoms with E-state index in [1.54, 1.807) is 13.8 Å². The molecule has 0 aromatic heterocycles. The van der Waals surface area contributed by atoms with E-state index in [0.29, 0.717) is 12.8 Å². The topological polar surface area (TPSA) is 259 Å². The predicted molar refractivity (Wildman–Crippen MR) is 270 cm³/mol. The first kappa shape index (κ1) is 62.3. The summed E-state index contributed by atoms with van der Waals surface area (Å²) in [6.45, 7) is 18.0. The van der Waals surface area contributed by atoms with Crippen LogP contribution in [0.3, 0.4) is 0 Å². The molecule has 2 rings (SSSR count). The standard InChI is InChI=1S/C50H87N11O11/c1-18-32(8)43-48(71)57(14)28-42(66)61-20-19-36(61)47(70)56(13)27-41(65)55(12)26-39(63)51-25-38(62)52-35(22-30(4)5)46(69)60(17)50(10,11)49(72)53-34(21-29(2)3)45(68)58(15)33(9)24-40(64)59(16)37(23-31(6)7)44(67)54-43/h29-37,43H,18-28H2,1-17H3,(H,51,63)(H,52,62)(H,53,72)(H,54,67)/t32-,33?,34?,35?,36?,37?,43?/m0/s1. The third kappa shape index (κ3) is 17.2. The maximum atomic E-state index is 14.3. The van der Waals surface area contributed by atoms with Crippen molar-refractivity contribution < 1.29 is 52.7 Å². The molecule has 6 unspecified atom stereocenters. The van der Waals surface area contributed by atoms with Gasteiger partial charge in [-0.05, 0) is 70.1 Å². The first-order chi connectivity index (χ1) is 33.3. The van der Waals surface area contributed by atoms with Crippen molar-refractivity contribution in [2.75, 3.05) is 75.0 Å². The lowest BCUT2D eigenvalue weighted by Gasteiger charge is -2.42. The molecule has 4 N–H and O–H groups in total. The van der Waals surface area contributed by atoms with E-state index in [0.717, 1.165) is 9.80 Å². The smallest absolute Gasteiger partial charge is 0.246 e. The molecule has 11 amide bonds. The van der Waals surface area contributed by atoms with E-state index in [4.69, 9.17) is 0 Å². The second kappa shape index (κ2) is 27.3. The van der Waals surface area contributed by atoms with Crippen LogP contribution in [0.5, 0.6) is 0 Å². The molecule has 0 aromatic rings. The summed E-state index contributed by atoms with van der Waals surface area (Å²) in [5.74, 6) is -6.97. The van der Waals surface area contributed by atoms with Crippen LogP contribution in [0.1, 0.15) is 115 Å². The van der Waals surface area contributed by atoms with Crippen LogP contribution in [-0.4, -0.2) is 216 Å².